The first-order valence-electron chi connectivity index (χ1n) is 20.5. The van der Waals surface area contributed by atoms with Crippen LogP contribution in [0.2, 0.25) is 0 Å². The van der Waals surface area contributed by atoms with Crippen molar-refractivity contribution in [2.45, 2.75) is 0 Å². The summed E-state index contributed by atoms with van der Waals surface area (Å²) in [6.45, 7) is 0. The zero-order valence-electron chi connectivity index (χ0n) is 33.1. The molecule has 284 valence electrons. The van der Waals surface area contributed by atoms with Crippen molar-refractivity contribution in [3.63, 3.8) is 0 Å². The zero-order valence-corrected chi connectivity index (χ0v) is 33.1. The van der Waals surface area contributed by atoms with Gasteiger partial charge in [-0.15, -0.1) is 0 Å². The number of hydrogen-bond acceptors (Lipinski definition) is 2. The van der Waals surface area contributed by atoms with Gasteiger partial charge in [-0.2, -0.15) is 0 Å². The van der Waals surface area contributed by atoms with E-state index in [0.29, 0.717) is 0 Å². The second-order valence-corrected chi connectivity index (χ2v) is 14.9. The molecule has 10 aromatic rings. The number of rotatable bonds is 10. The third-order valence-electron chi connectivity index (χ3n) is 11.2. The first-order valence-corrected chi connectivity index (χ1v) is 20.5. The molecule has 2 nitrogen and oxygen atoms in total. The van der Waals surface area contributed by atoms with Gasteiger partial charge in [0, 0.05) is 34.1 Å². The van der Waals surface area contributed by atoms with E-state index in [9.17, 15) is 0 Å². The summed E-state index contributed by atoms with van der Waals surface area (Å²) in [5, 5.41) is 2.44. The Labute approximate surface area is 352 Å². The minimum Gasteiger partial charge on any atom is -0.311 e. The molecule has 0 aliphatic carbocycles. The quantitative estimate of drug-likeness (QED) is 0.137. The molecule has 0 aliphatic rings. The predicted molar refractivity (Wildman–Crippen MR) is 255 cm³/mol. The number of nitrogens with zero attached hydrogens (tertiary/aromatic N) is 2. The second-order valence-electron chi connectivity index (χ2n) is 14.9. The topological polar surface area (TPSA) is 6.48 Å². The monoisotopic (exact) mass is 766 g/mol. The Kier molecular flexibility index (Phi) is 10.0. The summed E-state index contributed by atoms with van der Waals surface area (Å²) < 4.78 is 0. The van der Waals surface area contributed by atoms with Crippen LogP contribution in [0.15, 0.2) is 255 Å². The average Bonchev–Trinajstić information content (AvgIpc) is 3.33. The lowest BCUT2D eigenvalue weighted by atomic mass is 9.79. The van der Waals surface area contributed by atoms with Gasteiger partial charge in [0.05, 0.1) is 0 Å². The molecule has 60 heavy (non-hydrogen) atoms. The van der Waals surface area contributed by atoms with Crippen LogP contribution < -0.4 is 9.80 Å². The molecule has 0 spiro atoms. The fourth-order valence-corrected chi connectivity index (χ4v) is 8.58. The third kappa shape index (κ3) is 7.01. The van der Waals surface area contributed by atoms with E-state index in [1.54, 1.807) is 0 Å². The highest BCUT2D eigenvalue weighted by atomic mass is 15.1. The van der Waals surface area contributed by atoms with Gasteiger partial charge in [-0.05, 0) is 128 Å². The summed E-state index contributed by atoms with van der Waals surface area (Å²) in [5.41, 5.74) is 16.1. The molecule has 0 amide bonds. The van der Waals surface area contributed by atoms with E-state index in [-0.39, 0.29) is 0 Å². The van der Waals surface area contributed by atoms with Gasteiger partial charge in [-0.25, -0.2) is 0 Å². The summed E-state index contributed by atoms with van der Waals surface area (Å²) in [5.74, 6) is 0. The lowest BCUT2D eigenvalue weighted by Crippen LogP contribution is -2.09. The van der Waals surface area contributed by atoms with Crippen LogP contribution in [0.1, 0.15) is 0 Å². The van der Waals surface area contributed by atoms with E-state index < -0.39 is 0 Å². The molecule has 2 heteroatoms. The normalized spacial score (nSPS) is 11.0. The molecule has 0 aliphatic heterocycles. The van der Waals surface area contributed by atoms with Gasteiger partial charge in [0.25, 0.3) is 0 Å². The van der Waals surface area contributed by atoms with E-state index in [0.717, 1.165) is 45.3 Å². The van der Waals surface area contributed by atoms with E-state index in [1.807, 2.05) is 0 Å². The van der Waals surface area contributed by atoms with Crippen LogP contribution in [-0.4, -0.2) is 0 Å². The molecule has 0 N–H and O–H groups in total. The van der Waals surface area contributed by atoms with Crippen molar-refractivity contribution < 1.29 is 0 Å². The maximum absolute atomic E-state index is 2.32. The molecule has 10 rings (SSSR count). The lowest BCUT2D eigenvalue weighted by Gasteiger charge is -2.27. The average molecular weight is 767 g/mol. The molecule has 0 atom stereocenters. The largest absolute Gasteiger partial charge is 0.311 e. The summed E-state index contributed by atoms with van der Waals surface area (Å²) in [4.78, 5) is 4.64. The van der Waals surface area contributed by atoms with Gasteiger partial charge in [-0.1, -0.05) is 182 Å². The van der Waals surface area contributed by atoms with E-state index in [4.69, 9.17) is 0 Å². The minimum absolute atomic E-state index is 1.09. The fraction of sp³-hybridized carbons (Fsp3) is 0. The summed E-state index contributed by atoms with van der Waals surface area (Å²) >= 11 is 0. The van der Waals surface area contributed by atoms with Gasteiger partial charge in [0.2, 0.25) is 0 Å². The first kappa shape index (κ1) is 36.4. The highest BCUT2D eigenvalue weighted by Crippen LogP contribution is 2.51. The molecule has 0 fully saturated rings. The summed E-state index contributed by atoms with van der Waals surface area (Å²) in [6, 6.07) is 91.5. The molecule has 0 bridgehead atoms. The Hall–Kier alpha value is -7.94. The van der Waals surface area contributed by atoms with Gasteiger partial charge in [0.1, 0.15) is 0 Å². The third-order valence-corrected chi connectivity index (χ3v) is 11.2. The van der Waals surface area contributed by atoms with Crippen molar-refractivity contribution in [3.8, 4) is 44.5 Å². The molecule has 10 aromatic carbocycles. The van der Waals surface area contributed by atoms with Crippen LogP contribution in [0.25, 0.3) is 55.3 Å². The molecule has 0 saturated carbocycles. The SMILES string of the molecule is c1ccc(-c2c(-c3ccc(N(c4ccccc4)c4ccccc4)cc3)c(-c3ccc(N(c4ccccc4)c4ccccc4)cc3)c(-c3ccccc3)c3ccccc23)cc1. The number of fused-ring (bicyclic) bond motifs is 1. The smallest absolute Gasteiger partial charge is 0.0462 e. The second kappa shape index (κ2) is 16.5. The molecule has 0 heterocycles. The minimum atomic E-state index is 1.09. The van der Waals surface area contributed by atoms with Gasteiger partial charge in [0.15, 0.2) is 0 Å². The summed E-state index contributed by atoms with van der Waals surface area (Å²) in [6.07, 6.45) is 0. The number of benzene rings is 10. The Bertz CT molecular complexity index is 2680. The van der Waals surface area contributed by atoms with Gasteiger partial charge >= 0.3 is 0 Å². The Morgan fingerprint density at radius 1 is 0.167 bits per heavy atom. The van der Waals surface area contributed by atoms with Crippen LogP contribution >= 0.6 is 0 Å². The highest BCUT2D eigenvalue weighted by molar-refractivity contribution is 6.18. The molecular formula is C58H42N2. The van der Waals surface area contributed by atoms with Crippen LogP contribution in [0.5, 0.6) is 0 Å². The predicted octanol–water partition coefficient (Wildman–Crippen LogP) is 16.4. The Morgan fingerprint density at radius 2 is 0.383 bits per heavy atom. The van der Waals surface area contributed by atoms with Crippen LogP contribution in [-0.2, 0) is 0 Å². The van der Waals surface area contributed by atoms with Crippen molar-refractivity contribution in [2.75, 3.05) is 9.80 Å². The maximum Gasteiger partial charge on any atom is 0.0462 e. The van der Waals surface area contributed by atoms with Gasteiger partial charge in [-0.3, -0.25) is 0 Å². The Balaban J connectivity index is 1.24. The molecule has 0 saturated heterocycles. The van der Waals surface area contributed by atoms with Crippen LogP contribution in [0.3, 0.4) is 0 Å². The van der Waals surface area contributed by atoms with Crippen molar-refractivity contribution in [2.24, 2.45) is 0 Å². The van der Waals surface area contributed by atoms with Crippen molar-refractivity contribution in [3.05, 3.63) is 255 Å². The zero-order chi connectivity index (χ0) is 40.1. The molecule has 0 radical (unpaired) electrons. The maximum atomic E-state index is 2.32. The highest BCUT2D eigenvalue weighted by Gasteiger charge is 2.25. The van der Waals surface area contributed by atoms with Gasteiger partial charge < -0.3 is 9.80 Å². The van der Waals surface area contributed by atoms with E-state index >= 15 is 0 Å². The number of hydrogen-bond donors (Lipinski definition) is 0. The van der Waals surface area contributed by atoms with Crippen molar-refractivity contribution in [1.29, 1.82) is 0 Å². The number of anilines is 6. The van der Waals surface area contributed by atoms with Crippen molar-refractivity contribution >= 4 is 44.9 Å². The molecular weight excluding hydrogens is 725 g/mol. The van der Waals surface area contributed by atoms with Crippen molar-refractivity contribution in [1.82, 2.24) is 0 Å². The van der Waals surface area contributed by atoms with Crippen LogP contribution in [0, 0.1) is 0 Å². The number of para-hydroxylation sites is 4. The summed E-state index contributed by atoms with van der Waals surface area (Å²) in [7, 11) is 0. The van der Waals surface area contributed by atoms with E-state index in [2.05, 4.69) is 265 Å². The van der Waals surface area contributed by atoms with Crippen LogP contribution in [0.4, 0.5) is 34.1 Å². The lowest BCUT2D eigenvalue weighted by molar-refractivity contribution is 1.28. The molecule has 0 unspecified atom stereocenters. The van der Waals surface area contributed by atoms with E-state index in [1.165, 1.54) is 44.2 Å². The fourth-order valence-electron chi connectivity index (χ4n) is 8.58. The molecule has 0 aromatic heterocycles. The first-order chi connectivity index (χ1) is 29.8. The standard InChI is InChI=1S/C58H42N2/c1-7-21-43(22-8-1)55-53-33-19-20-34-54(53)56(44-23-9-2-10-24-44)58(46-37-41-52(42-38-46)60(49-29-15-5-16-30-49)50-31-17-6-18-32-50)57(55)45-35-39-51(40-36-45)59(47-25-11-3-12-26-47)48-27-13-4-14-28-48/h1-42H. The Morgan fingerprint density at radius 3 is 0.667 bits per heavy atom.